The molecule has 1 aromatic heterocycles. The first kappa shape index (κ1) is 18.1. The van der Waals surface area contributed by atoms with Crippen molar-refractivity contribution in [2.24, 2.45) is 0 Å². The van der Waals surface area contributed by atoms with Crippen molar-refractivity contribution in [2.75, 3.05) is 11.9 Å². The van der Waals surface area contributed by atoms with Crippen LogP contribution < -0.4 is 4.90 Å². The second kappa shape index (κ2) is 7.57. The molecule has 2 rings (SSSR count). The zero-order valence-corrected chi connectivity index (χ0v) is 14.3. The number of carbonyl (C=O) groups is 1. The zero-order chi connectivity index (χ0) is 18.6. The predicted molar refractivity (Wildman–Crippen MR) is 96.2 cm³/mol. The van der Waals surface area contributed by atoms with E-state index in [-0.39, 0.29) is 11.4 Å². The van der Waals surface area contributed by atoms with E-state index in [9.17, 15) is 14.9 Å². The minimum atomic E-state index is -1.10. The number of carboxylic acids is 1. The molecule has 25 heavy (non-hydrogen) atoms. The van der Waals surface area contributed by atoms with Gasteiger partial charge in [0.05, 0.1) is 22.3 Å². The van der Waals surface area contributed by atoms with Crippen molar-refractivity contribution in [2.45, 2.75) is 20.3 Å². The number of aromatic carboxylic acids is 1. The summed E-state index contributed by atoms with van der Waals surface area (Å²) < 4.78 is 0. The first-order chi connectivity index (χ1) is 11.8. The number of rotatable bonds is 6. The van der Waals surface area contributed by atoms with Crippen LogP contribution in [0.2, 0.25) is 0 Å². The molecular weight excluding hydrogens is 322 g/mol. The van der Waals surface area contributed by atoms with Gasteiger partial charge in [0.15, 0.2) is 0 Å². The number of hydrogen-bond acceptors (Lipinski definition) is 5. The van der Waals surface area contributed by atoms with E-state index < -0.39 is 10.9 Å². The second-order valence-corrected chi connectivity index (χ2v) is 5.52. The van der Waals surface area contributed by atoms with Crippen LogP contribution in [0.25, 0.3) is 10.9 Å². The maximum absolute atomic E-state index is 11.4. The Kier molecular flexibility index (Phi) is 5.49. The summed E-state index contributed by atoms with van der Waals surface area (Å²) in [5, 5.41) is 21.1. The van der Waals surface area contributed by atoms with Crippen molar-refractivity contribution in [3.8, 4) is 0 Å². The van der Waals surface area contributed by atoms with Crippen LogP contribution in [-0.4, -0.2) is 28.0 Å². The molecule has 0 spiro atoms. The van der Waals surface area contributed by atoms with E-state index in [0.717, 1.165) is 0 Å². The molecule has 0 bridgehead atoms. The Morgan fingerprint density at radius 2 is 2.08 bits per heavy atom. The van der Waals surface area contributed by atoms with Crippen molar-refractivity contribution in [1.82, 2.24) is 4.98 Å². The number of aromatic nitrogens is 1. The summed E-state index contributed by atoms with van der Waals surface area (Å²) in [6, 6.07) is 8.33. The normalized spacial score (nSPS) is 12.3. The number of anilines is 1. The molecule has 7 nitrogen and oxygen atoms in total. The van der Waals surface area contributed by atoms with Crippen molar-refractivity contribution in [1.29, 1.82) is 0 Å². The maximum Gasteiger partial charge on any atom is 0.354 e. The molecule has 0 unspecified atom stereocenters. The number of nitrogens with zero attached hydrogens (tertiary/aromatic N) is 3. The highest BCUT2D eigenvalue weighted by Gasteiger charge is 2.16. The summed E-state index contributed by atoms with van der Waals surface area (Å²) in [7, 11) is 1.71. The average molecular weight is 341 g/mol. The summed E-state index contributed by atoms with van der Waals surface area (Å²) in [5.74, 6) is -1.10. The highest BCUT2D eigenvalue weighted by molar-refractivity contribution is 5.95. The predicted octanol–water partition coefficient (Wildman–Crippen LogP) is 3.84. The molecule has 1 aromatic carbocycles. The van der Waals surface area contributed by atoms with E-state index in [1.165, 1.54) is 12.3 Å². The van der Waals surface area contributed by atoms with Crippen molar-refractivity contribution >= 4 is 22.6 Å². The number of pyridine rings is 1. The van der Waals surface area contributed by atoms with Gasteiger partial charge in [-0.05, 0) is 37.6 Å². The van der Waals surface area contributed by atoms with Gasteiger partial charge < -0.3 is 10.0 Å². The summed E-state index contributed by atoms with van der Waals surface area (Å²) in [5.41, 5.74) is 1.77. The Bertz CT molecular complexity index is 887. The third kappa shape index (κ3) is 4.00. The third-order valence-corrected chi connectivity index (χ3v) is 3.73. The molecule has 0 aliphatic rings. The number of nitro groups is 1. The number of benzene rings is 1. The highest BCUT2D eigenvalue weighted by Crippen LogP contribution is 2.26. The van der Waals surface area contributed by atoms with Gasteiger partial charge in [-0.1, -0.05) is 19.1 Å². The van der Waals surface area contributed by atoms with Gasteiger partial charge in [0, 0.05) is 18.0 Å². The fourth-order valence-corrected chi connectivity index (χ4v) is 2.52. The summed E-state index contributed by atoms with van der Waals surface area (Å²) in [6.45, 7) is 3.62. The number of allylic oxidation sites excluding steroid dienone is 2. The largest absolute Gasteiger partial charge is 0.477 e. The van der Waals surface area contributed by atoms with Gasteiger partial charge in [0.1, 0.15) is 5.69 Å². The lowest BCUT2D eigenvalue weighted by Gasteiger charge is -2.17. The maximum atomic E-state index is 11.4. The number of hydrogen-bond donors (Lipinski definition) is 1. The summed E-state index contributed by atoms with van der Waals surface area (Å²) in [6.07, 6.45) is 3.96. The van der Waals surface area contributed by atoms with E-state index in [2.05, 4.69) is 4.98 Å². The van der Waals surface area contributed by atoms with Crippen LogP contribution in [-0.2, 0) is 0 Å². The molecule has 7 heteroatoms. The molecule has 0 aliphatic carbocycles. The first-order valence-corrected chi connectivity index (χ1v) is 7.74. The Morgan fingerprint density at radius 3 is 2.68 bits per heavy atom. The average Bonchev–Trinajstić information content (AvgIpc) is 2.58. The molecular formula is C18H19N3O4. The molecule has 1 N–H and O–H groups in total. The molecule has 0 aliphatic heterocycles. The van der Waals surface area contributed by atoms with E-state index in [1.54, 1.807) is 49.2 Å². The number of fused-ring (bicyclic) bond motifs is 1. The van der Waals surface area contributed by atoms with Gasteiger partial charge >= 0.3 is 5.97 Å². The molecule has 0 amide bonds. The van der Waals surface area contributed by atoms with Crippen molar-refractivity contribution < 1.29 is 14.8 Å². The van der Waals surface area contributed by atoms with Gasteiger partial charge in [-0.25, -0.2) is 9.78 Å². The van der Waals surface area contributed by atoms with Crippen LogP contribution in [0, 0.1) is 10.1 Å². The topological polar surface area (TPSA) is 96.6 Å². The molecule has 0 fully saturated rings. The van der Waals surface area contributed by atoms with Crippen molar-refractivity contribution in [3.05, 3.63) is 69.7 Å². The third-order valence-electron chi connectivity index (χ3n) is 3.73. The highest BCUT2D eigenvalue weighted by atomic mass is 16.6. The molecule has 0 radical (unpaired) electrons. The Labute approximate surface area is 145 Å². The SMILES string of the molecule is CC/C=C(C)/C(=C\N(C)c1cccc2nc(C(=O)O)ccc12)[N+](=O)[O-]. The smallest absolute Gasteiger partial charge is 0.354 e. The van der Waals surface area contributed by atoms with E-state index in [1.807, 2.05) is 6.92 Å². The molecule has 1 heterocycles. The number of carboxylic acid groups (broad SMARTS) is 1. The van der Waals surface area contributed by atoms with Crippen LogP contribution >= 0.6 is 0 Å². The lowest BCUT2D eigenvalue weighted by atomic mass is 10.1. The van der Waals surface area contributed by atoms with Crippen LogP contribution in [0.5, 0.6) is 0 Å². The van der Waals surface area contributed by atoms with E-state index in [4.69, 9.17) is 5.11 Å². The quantitative estimate of drug-likeness (QED) is 0.487. The van der Waals surface area contributed by atoms with E-state index in [0.29, 0.717) is 28.6 Å². The van der Waals surface area contributed by atoms with Gasteiger partial charge in [-0.15, -0.1) is 0 Å². The molecule has 0 saturated carbocycles. The molecule has 130 valence electrons. The zero-order valence-electron chi connectivity index (χ0n) is 14.3. The fraction of sp³-hybridized carbons (Fsp3) is 0.222. The minimum Gasteiger partial charge on any atom is -0.477 e. The Hall–Kier alpha value is -3.22. The molecule has 0 saturated heterocycles. The molecule has 0 atom stereocenters. The second-order valence-electron chi connectivity index (χ2n) is 5.52. The van der Waals surface area contributed by atoms with Crippen LogP contribution in [0.15, 0.2) is 53.9 Å². The van der Waals surface area contributed by atoms with Crippen LogP contribution in [0.1, 0.15) is 30.8 Å². The van der Waals surface area contributed by atoms with Crippen molar-refractivity contribution in [3.63, 3.8) is 0 Å². The van der Waals surface area contributed by atoms with E-state index >= 15 is 0 Å². The minimum absolute atomic E-state index is 0.0106. The lowest BCUT2D eigenvalue weighted by molar-refractivity contribution is -0.421. The van der Waals surface area contributed by atoms with Gasteiger partial charge in [0.25, 0.3) is 5.70 Å². The van der Waals surface area contributed by atoms with Gasteiger partial charge in [-0.3, -0.25) is 10.1 Å². The first-order valence-electron chi connectivity index (χ1n) is 7.74. The van der Waals surface area contributed by atoms with Crippen LogP contribution in [0.3, 0.4) is 0 Å². The fourth-order valence-electron chi connectivity index (χ4n) is 2.52. The lowest BCUT2D eigenvalue weighted by Crippen LogP contribution is -2.13. The van der Waals surface area contributed by atoms with Gasteiger partial charge in [-0.2, -0.15) is 0 Å². The molecule has 2 aromatic rings. The Morgan fingerprint density at radius 1 is 1.36 bits per heavy atom. The summed E-state index contributed by atoms with van der Waals surface area (Å²) >= 11 is 0. The van der Waals surface area contributed by atoms with Crippen LogP contribution in [0.4, 0.5) is 5.69 Å². The standard InChI is InChI=1S/C18H19N3O4/c1-4-6-12(2)17(21(24)25)11-20(3)16-8-5-7-14-13(16)9-10-15(19-14)18(22)23/h5-11H,4H2,1-3H3,(H,22,23)/b12-6+,17-11+. The summed E-state index contributed by atoms with van der Waals surface area (Å²) in [4.78, 5) is 27.8. The Balaban J connectivity index is 2.53. The monoisotopic (exact) mass is 341 g/mol. The van der Waals surface area contributed by atoms with Gasteiger partial charge in [0.2, 0.25) is 0 Å².